The second-order valence-electron chi connectivity index (χ2n) is 6.76. The highest BCUT2D eigenvalue weighted by Crippen LogP contribution is 2.22. The van der Waals surface area contributed by atoms with Gasteiger partial charge in [-0.05, 0) is 37.0 Å². The van der Waals surface area contributed by atoms with E-state index in [0.29, 0.717) is 19.5 Å². The normalized spacial score (nSPS) is 20.8. The Morgan fingerprint density at radius 1 is 1.08 bits per heavy atom. The summed E-state index contributed by atoms with van der Waals surface area (Å²) in [6.07, 6.45) is 6.21. The zero-order valence-electron chi connectivity index (χ0n) is 14.6. The molecule has 134 valence electrons. The molecule has 5 heteroatoms. The van der Waals surface area contributed by atoms with E-state index in [4.69, 9.17) is 0 Å². The number of hydrogen-bond acceptors (Lipinski definition) is 3. The summed E-state index contributed by atoms with van der Waals surface area (Å²) in [5.74, 6) is -0.136. The molecule has 25 heavy (non-hydrogen) atoms. The SMILES string of the molecule is O=C1N(CCc2ccccc2)CCC[C@@]1(O)CNCCn1cccc1. The van der Waals surface area contributed by atoms with Crippen molar-refractivity contribution in [3.8, 4) is 0 Å². The van der Waals surface area contributed by atoms with Crippen molar-refractivity contribution in [2.24, 2.45) is 0 Å². The molecule has 0 aliphatic carbocycles. The van der Waals surface area contributed by atoms with E-state index in [1.165, 1.54) is 5.56 Å². The molecule has 1 atom stereocenters. The van der Waals surface area contributed by atoms with Crippen LogP contribution in [0.15, 0.2) is 54.9 Å². The lowest BCUT2D eigenvalue weighted by molar-refractivity contribution is -0.156. The first-order valence-corrected chi connectivity index (χ1v) is 9.04. The summed E-state index contributed by atoms with van der Waals surface area (Å²) < 4.78 is 2.08. The van der Waals surface area contributed by atoms with Gasteiger partial charge in [-0.1, -0.05) is 30.3 Å². The van der Waals surface area contributed by atoms with Crippen LogP contribution in [0.25, 0.3) is 0 Å². The number of nitrogens with zero attached hydrogens (tertiary/aromatic N) is 2. The van der Waals surface area contributed by atoms with Crippen LogP contribution in [-0.4, -0.2) is 52.3 Å². The fraction of sp³-hybridized carbons (Fsp3) is 0.450. The number of amides is 1. The smallest absolute Gasteiger partial charge is 0.255 e. The number of carbonyl (C=O) groups is 1. The van der Waals surface area contributed by atoms with Crippen LogP contribution in [0.2, 0.25) is 0 Å². The highest BCUT2D eigenvalue weighted by molar-refractivity contribution is 5.86. The molecule has 3 rings (SSSR count). The molecule has 1 saturated heterocycles. The van der Waals surface area contributed by atoms with E-state index in [-0.39, 0.29) is 5.91 Å². The predicted molar refractivity (Wildman–Crippen MR) is 98.2 cm³/mol. The highest BCUT2D eigenvalue weighted by atomic mass is 16.3. The number of aromatic nitrogens is 1. The van der Waals surface area contributed by atoms with Gasteiger partial charge in [0.1, 0.15) is 0 Å². The second kappa shape index (κ2) is 8.32. The molecule has 1 aromatic heterocycles. The molecule has 2 N–H and O–H groups in total. The van der Waals surface area contributed by atoms with Gasteiger partial charge in [0.2, 0.25) is 0 Å². The zero-order valence-corrected chi connectivity index (χ0v) is 14.6. The molecular formula is C20H27N3O2. The molecule has 1 fully saturated rings. The second-order valence-corrected chi connectivity index (χ2v) is 6.76. The predicted octanol–water partition coefficient (Wildman–Crippen LogP) is 1.67. The van der Waals surface area contributed by atoms with Gasteiger partial charge in [0.05, 0.1) is 0 Å². The van der Waals surface area contributed by atoms with Crippen LogP contribution in [0.4, 0.5) is 0 Å². The summed E-state index contributed by atoms with van der Waals surface area (Å²) in [6, 6.07) is 14.1. The number of likely N-dealkylation sites (tertiary alicyclic amines) is 1. The number of carbonyl (C=O) groups excluding carboxylic acids is 1. The summed E-state index contributed by atoms with van der Waals surface area (Å²) in [6.45, 7) is 3.27. The molecule has 1 amide bonds. The lowest BCUT2D eigenvalue weighted by atomic mass is 9.91. The van der Waals surface area contributed by atoms with Crippen molar-refractivity contribution >= 4 is 5.91 Å². The van der Waals surface area contributed by atoms with Gasteiger partial charge in [0, 0.05) is 45.1 Å². The number of hydrogen-bond donors (Lipinski definition) is 2. The number of nitrogens with one attached hydrogen (secondary N) is 1. The van der Waals surface area contributed by atoms with Crippen LogP contribution >= 0.6 is 0 Å². The molecule has 0 saturated carbocycles. The molecule has 2 aromatic rings. The number of piperidine rings is 1. The minimum Gasteiger partial charge on any atom is -0.379 e. The summed E-state index contributed by atoms with van der Waals surface area (Å²) in [4.78, 5) is 14.5. The third-order valence-corrected chi connectivity index (χ3v) is 4.85. The van der Waals surface area contributed by atoms with Gasteiger partial charge in [0.15, 0.2) is 5.60 Å². The number of rotatable bonds is 8. The van der Waals surface area contributed by atoms with Crippen LogP contribution in [0.3, 0.4) is 0 Å². The molecule has 0 unspecified atom stereocenters. The van der Waals surface area contributed by atoms with E-state index in [2.05, 4.69) is 22.0 Å². The van der Waals surface area contributed by atoms with Gasteiger partial charge in [-0.15, -0.1) is 0 Å². The average molecular weight is 341 g/mol. The van der Waals surface area contributed by atoms with Crippen molar-refractivity contribution in [2.45, 2.75) is 31.4 Å². The van der Waals surface area contributed by atoms with E-state index in [1.54, 1.807) is 0 Å². The minimum absolute atomic E-state index is 0.136. The lowest BCUT2D eigenvalue weighted by Crippen LogP contribution is -2.58. The molecule has 0 spiro atoms. The third-order valence-electron chi connectivity index (χ3n) is 4.85. The lowest BCUT2D eigenvalue weighted by Gasteiger charge is -2.38. The van der Waals surface area contributed by atoms with E-state index in [0.717, 1.165) is 32.5 Å². The van der Waals surface area contributed by atoms with Crippen molar-refractivity contribution in [1.29, 1.82) is 0 Å². The molecule has 1 aromatic carbocycles. The number of aliphatic hydroxyl groups is 1. The molecule has 0 radical (unpaired) electrons. The topological polar surface area (TPSA) is 57.5 Å². The highest BCUT2D eigenvalue weighted by Gasteiger charge is 2.41. The molecule has 5 nitrogen and oxygen atoms in total. The van der Waals surface area contributed by atoms with Crippen LogP contribution in [0, 0.1) is 0 Å². The van der Waals surface area contributed by atoms with Gasteiger partial charge in [-0.3, -0.25) is 4.79 Å². The summed E-state index contributed by atoms with van der Waals surface area (Å²) in [5, 5.41) is 14.0. The maximum absolute atomic E-state index is 12.7. The van der Waals surface area contributed by atoms with Gasteiger partial charge in [0.25, 0.3) is 5.91 Å². The Bertz CT molecular complexity index is 657. The minimum atomic E-state index is -1.27. The van der Waals surface area contributed by atoms with Gasteiger partial charge >= 0.3 is 0 Å². The van der Waals surface area contributed by atoms with Crippen molar-refractivity contribution in [2.75, 3.05) is 26.2 Å². The number of benzene rings is 1. The molecule has 1 aliphatic heterocycles. The van der Waals surface area contributed by atoms with Crippen molar-refractivity contribution in [3.05, 3.63) is 60.4 Å². The van der Waals surface area contributed by atoms with E-state index >= 15 is 0 Å². The first-order chi connectivity index (χ1) is 12.2. The first kappa shape index (κ1) is 17.7. The quantitative estimate of drug-likeness (QED) is 0.718. The van der Waals surface area contributed by atoms with Gasteiger partial charge in [-0.25, -0.2) is 0 Å². The fourth-order valence-corrected chi connectivity index (χ4v) is 3.37. The van der Waals surface area contributed by atoms with Crippen LogP contribution in [0.1, 0.15) is 18.4 Å². The largest absolute Gasteiger partial charge is 0.379 e. The maximum atomic E-state index is 12.7. The Kier molecular flexibility index (Phi) is 5.89. The standard InChI is InChI=1S/C20H27N3O2/c24-19-20(25,17-21-11-16-22-12-4-5-13-22)10-6-14-23(19)15-9-18-7-2-1-3-8-18/h1-5,7-8,12-13,21,25H,6,9-11,14-17H2/t20-/m1/s1. The van der Waals surface area contributed by atoms with Crippen LogP contribution < -0.4 is 5.32 Å². The molecule has 0 bridgehead atoms. The summed E-state index contributed by atoms with van der Waals surface area (Å²) >= 11 is 0. The van der Waals surface area contributed by atoms with Crippen molar-refractivity contribution in [1.82, 2.24) is 14.8 Å². The van der Waals surface area contributed by atoms with E-state index in [9.17, 15) is 9.90 Å². The molecule has 1 aliphatic rings. The van der Waals surface area contributed by atoms with Crippen LogP contribution in [-0.2, 0) is 17.8 Å². The Morgan fingerprint density at radius 3 is 2.60 bits per heavy atom. The van der Waals surface area contributed by atoms with Crippen molar-refractivity contribution in [3.63, 3.8) is 0 Å². The molecular weight excluding hydrogens is 314 g/mol. The molecule has 2 heterocycles. The third kappa shape index (κ3) is 4.71. The Balaban J connectivity index is 1.47. The van der Waals surface area contributed by atoms with Gasteiger partial charge in [-0.2, -0.15) is 0 Å². The Hall–Kier alpha value is -2.11. The van der Waals surface area contributed by atoms with Crippen molar-refractivity contribution < 1.29 is 9.90 Å². The first-order valence-electron chi connectivity index (χ1n) is 9.04. The average Bonchev–Trinajstić information content (AvgIpc) is 3.15. The summed E-state index contributed by atoms with van der Waals surface area (Å²) in [7, 11) is 0. The maximum Gasteiger partial charge on any atom is 0.255 e. The van der Waals surface area contributed by atoms with Crippen LogP contribution in [0.5, 0.6) is 0 Å². The summed E-state index contributed by atoms with van der Waals surface area (Å²) in [5.41, 5.74) is -0.0553. The fourth-order valence-electron chi connectivity index (χ4n) is 3.37. The zero-order chi connectivity index (χ0) is 17.5. The van der Waals surface area contributed by atoms with Gasteiger partial charge < -0.3 is 19.9 Å². The van der Waals surface area contributed by atoms with E-state index in [1.807, 2.05) is 47.6 Å². The Labute approximate surface area is 149 Å². The monoisotopic (exact) mass is 341 g/mol. The Morgan fingerprint density at radius 2 is 1.84 bits per heavy atom. The van der Waals surface area contributed by atoms with E-state index < -0.39 is 5.60 Å².